The molecule has 0 radical (unpaired) electrons. The van der Waals surface area contributed by atoms with Crippen LogP contribution in [-0.4, -0.2) is 50.9 Å². The number of nitrogens with one attached hydrogen (secondary N) is 2. The molecule has 1 saturated carbocycles. The van der Waals surface area contributed by atoms with Crippen LogP contribution in [0.1, 0.15) is 24.4 Å². The molecule has 1 aliphatic carbocycles. The molecule has 1 amide bonds. The molecule has 0 bridgehead atoms. The van der Waals surface area contributed by atoms with Crippen LogP contribution in [0.15, 0.2) is 59.5 Å². The van der Waals surface area contributed by atoms with Gasteiger partial charge in [-0.25, -0.2) is 12.8 Å². The average Bonchev–Trinajstić information content (AvgIpc) is 3.53. The molecule has 2 fully saturated rings. The highest BCUT2D eigenvalue weighted by molar-refractivity contribution is 7.89. The maximum absolute atomic E-state index is 14.0. The number of carbonyl (C=O) groups excluding carboxylic acids is 1. The Labute approximate surface area is 170 Å². The number of benzene rings is 2. The number of amides is 1. The Hall–Kier alpha value is -2.29. The summed E-state index contributed by atoms with van der Waals surface area (Å²) >= 11 is 0. The number of hydrogen-bond acceptors (Lipinski definition) is 3. The summed E-state index contributed by atoms with van der Waals surface area (Å²) in [4.78, 5) is 13.7. The Morgan fingerprint density at radius 3 is 2.28 bits per heavy atom. The second kappa shape index (κ2) is 8.22. The molecule has 1 saturated heterocycles. The van der Waals surface area contributed by atoms with Gasteiger partial charge >= 0.3 is 0 Å². The molecule has 0 aromatic heterocycles. The summed E-state index contributed by atoms with van der Waals surface area (Å²) in [5, 5.41) is 3.08. The van der Waals surface area contributed by atoms with Gasteiger partial charge in [0.2, 0.25) is 10.0 Å². The molecule has 2 aromatic carbocycles. The Kier molecular flexibility index (Phi) is 5.67. The highest BCUT2D eigenvalue weighted by Crippen LogP contribution is 2.21. The van der Waals surface area contributed by atoms with E-state index in [1.165, 1.54) is 22.5 Å². The quantitative estimate of drug-likeness (QED) is 0.727. The van der Waals surface area contributed by atoms with Crippen molar-refractivity contribution in [2.75, 3.05) is 26.2 Å². The largest absolute Gasteiger partial charge is 0.348 e. The highest BCUT2D eigenvalue weighted by atomic mass is 32.2. The molecule has 6 nitrogen and oxygen atoms in total. The standard InChI is InChI=1S/C21H24FN3O3S/c22-18-8-4-5-9-19(18)29(27,28)25-14-12-24(13-15-25)20(16-6-2-1-3-7-16)21(26)23-17-10-11-17/h1-9,17,20H,10-15H2,(H,23,26)/p+1/t20-/m0/s1. The number of carbonyl (C=O) groups is 1. The SMILES string of the molecule is O=C(NC1CC1)[C@H](c1ccccc1)[NH+]1CCN(S(=O)(=O)c2ccccc2F)CC1. The lowest BCUT2D eigenvalue weighted by molar-refractivity contribution is -0.925. The lowest BCUT2D eigenvalue weighted by atomic mass is 10.0. The van der Waals surface area contributed by atoms with Gasteiger partial charge < -0.3 is 10.2 Å². The zero-order valence-electron chi connectivity index (χ0n) is 16.1. The van der Waals surface area contributed by atoms with E-state index in [-0.39, 0.29) is 36.0 Å². The predicted molar refractivity (Wildman–Crippen MR) is 106 cm³/mol. The number of nitrogens with zero attached hydrogens (tertiary/aromatic N) is 1. The zero-order valence-corrected chi connectivity index (χ0v) is 16.9. The second-order valence-corrected chi connectivity index (χ2v) is 9.53. The number of rotatable bonds is 6. The van der Waals surface area contributed by atoms with Crippen LogP contribution in [0.5, 0.6) is 0 Å². The van der Waals surface area contributed by atoms with E-state index in [2.05, 4.69) is 5.32 Å². The third-order valence-corrected chi connectivity index (χ3v) is 7.48. The van der Waals surface area contributed by atoms with E-state index in [0.29, 0.717) is 13.1 Å². The van der Waals surface area contributed by atoms with Crippen LogP contribution in [0.2, 0.25) is 0 Å². The average molecular weight is 419 g/mol. The molecule has 1 heterocycles. The van der Waals surface area contributed by atoms with Gasteiger partial charge in [0.15, 0.2) is 6.04 Å². The lowest BCUT2D eigenvalue weighted by Gasteiger charge is -2.35. The third-order valence-electron chi connectivity index (χ3n) is 5.55. The predicted octanol–water partition coefficient (Wildman–Crippen LogP) is 0.735. The maximum atomic E-state index is 14.0. The summed E-state index contributed by atoms with van der Waals surface area (Å²) in [6, 6.07) is 14.9. The minimum Gasteiger partial charge on any atom is -0.348 e. The Morgan fingerprint density at radius 1 is 1.03 bits per heavy atom. The van der Waals surface area contributed by atoms with Gasteiger partial charge in [0, 0.05) is 11.6 Å². The number of sulfonamides is 1. The molecule has 1 atom stereocenters. The van der Waals surface area contributed by atoms with E-state index < -0.39 is 15.8 Å². The molecule has 4 rings (SSSR count). The second-order valence-electron chi connectivity index (χ2n) is 7.62. The summed E-state index contributed by atoms with van der Waals surface area (Å²) < 4.78 is 41.0. The van der Waals surface area contributed by atoms with E-state index >= 15 is 0 Å². The van der Waals surface area contributed by atoms with E-state index in [1.807, 2.05) is 30.3 Å². The molecule has 2 aliphatic rings. The van der Waals surface area contributed by atoms with Crippen molar-refractivity contribution in [2.45, 2.75) is 29.8 Å². The normalized spacial score (nSPS) is 19.6. The Bertz CT molecular complexity index is 972. The number of halogens is 1. The summed E-state index contributed by atoms with van der Waals surface area (Å²) in [7, 11) is -3.89. The van der Waals surface area contributed by atoms with Crippen LogP contribution >= 0.6 is 0 Å². The van der Waals surface area contributed by atoms with Crippen molar-refractivity contribution in [1.82, 2.24) is 9.62 Å². The van der Waals surface area contributed by atoms with Crippen molar-refractivity contribution in [1.29, 1.82) is 0 Å². The van der Waals surface area contributed by atoms with Gasteiger partial charge in [-0.05, 0) is 25.0 Å². The van der Waals surface area contributed by atoms with E-state index in [1.54, 1.807) is 0 Å². The number of quaternary nitrogens is 1. The van der Waals surface area contributed by atoms with Crippen LogP contribution < -0.4 is 10.2 Å². The van der Waals surface area contributed by atoms with Gasteiger partial charge in [-0.15, -0.1) is 0 Å². The fourth-order valence-electron chi connectivity index (χ4n) is 3.83. The van der Waals surface area contributed by atoms with Gasteiger partial charge in [-0.1, -0.05) is 42.5 Å². The molecule has 2 aromatic rings. The number of hydrogen-bond donors (Lipinski definition) is 2. The van der Waals surface area contributed by atoms with Crippen LogP contribution in [-0.2, 0) is 14.8 Å². The molecule has 2 N–H and O–H groups in total. The van der Waals surface area contributed by atoms with E-state index in [9.17, 15) is 17.6 Å². The van der Waals surface area contributed by atoms with Crippen molar-refractivity contribution < 1.29 is 22.5 Å². The van der Waals surface area contributed by atoms with Crippen molar-refractivity contribution >= 4 is 15.9 Å². The molecule has 8 heteroatoms. The third kappa shape index (κ3) is 4.34. The van der Waals surface area contributed by atoms with Crippen molar-refractivity contribution in [3.8, 4) is 0 Å². The highest BCUT2D eigenvalue weighted by Gasteiger charge is 2.39. The monoisotopic (exact) mass is 418 g/mol. The molecule has 0 unspecified atom stereocenters. The van der Waals surface area contributed by atoms with Gasteiger partial charge in [0.1, 0.15) is 10.7 Å². The van der Waals surface area contributed by atoms with E-state index in [0.717, 1.165) is 29.4 Å². The molecular weight excluding hydrogens is 393 g/mol. The van der Waals surface area contributed by atoms with Crippen molar-refractivity contribution in [2.24, 2.45) is 0 Å². The van der Waals surface area contributed by atoms with Gasteiger partial charge in [0.05, 0.1) is 26.2 Å². The lowest BCUT2D eigenvalue weighted by Crippen LogP contribution is -3.16. The fraction of sp³-hybridized carbons (Fsp3) is 0.381. The molecule has 0 spiro atoms. The fourth-order valence-corrected chi connectivity index (χ4v) is 5.33. The molecule has 29 heavy (non-hydrogen) atoms. The summed E-state index contributed by atoms with van der Waals surface area (Å²) in [6.07, 6.45) is 2.02. The van der Waals surface area contributed by atoms with Gasteiger partial charge in [-0.3, -0.25) is 4.79 Å². The van der Waals surface area contributed by atoms with Gasteiger partial charge in [-0.2, -0.15) is 4.31 Å². The first-order valence-corrected chi connectivity index (χ1v) is 11.4. The first kappa shape index (κ1) is 20.0. The van der Waals surface area contributed by atoms with Gasteiger partial charge in [0.25, 0.3) is 5.91 Å². The minimum atomic E-state index is -3.89. The first-order chi connectivity index (χ1) is 14.0. The summed E-state index contributed by atoms with van der Waals surface area (Å²) in [6.45, 7) is 1.44. The molecular formula is C21H25FN3O3S+. The maximum Gasteiger partial charge on any atom is 0.283 e. The summed E-state index contributed by atoms with van der Waals surface area (Å²) in [5.74, 6) is -0.757. The smallest absolute Gasteiger partial charge is 0.283 e. The number of piperazine rings is 1. The topological polar surface area (TPSA) is 70.9 Å². The van der Waals surface area contributed by atoms with Crippen LogP contribution in [0, 0.1) is 5.82 Å². The Balaban J connectivity index is 1.50. The van der Waals surface area contributed by atoms with Crippen molar-refractivity contribution in [3.63, 3.8) is 0 Å². The Morgan fingerprint density at radius 2 is 1.66 bits per heavy atom. The van der Waals surface area contributed by atoms with E-state index in [4.69, 9.17) is 0 Å². The van der Waals surface area contributed by atoms with Crippen LogP contribution in [0.3, 0.4) is 0 Å². The molecule has 154 valence electrons. The van der Waals surface area contributed by atoms with Crippen LogP contribution in [0.25, 0.3) is 0 Å². The minimum absolute atomic E-state index is 0.0147. The van der Waals surface area contributed by atoms with Crippen LogP contribution in [0.4, 0.5) is 4.39 Å². The molecule has 1 aliphatic heterocycles. The summed E-state index contributed by atoms with van der Waals surface area (Å²) in [5.41, 5.74) is 0.922. The first-order valence-electron chi connectivity index (χ1n) is 9.91. The zero-order chi connectivity index (χ0) is 20.4. The van der Waals surface area contributed by atoms with Crippen molar-refractivity contribution in [3.05, 3.63) is 66.0 Å².